The number of rotatable bonds is 8. The largest absolute Gasteiger partial charge is 0.486 e. The first-order valence-electron chi connectivity index (χ1n) is 10.7. The van der Waals surface area contributed by atoms with Gasteiger partial charge in [0.05, 0.1) is 0 Å². The molecule has 0 radical (unpaired) electrons. The molecule has 0 spiro atoms. The van der Waals surface area contributed by atoms with Crippen LogP contribution in [0.2, 0.25) is 0 Å². The summed E-state index contributed by atoms with van der Waals surface area (Å²) < 4.78 is 48.5. The summed E-state index contributed by atoms with van der Waals surface area (Å²) in [7, 11) is 0. The number of aromatic nitrogens is 2. The number of hydrogen-bond acceptors (Lipinski definition) is 6. The zero-order valence-corrected chi connectivity index (χ0v) is 17.3. The lowest BCUT2D eigenvalue weighted by Gasteiger charge is -2.36. The summed E-state index contributed by atoms with van der Waals surface area (Å²) in [4.78, 5) is 20.9. The molecule has 0 bridgehead atoms. The molecule has 1 aromatic carbocycles. The number of hydrogen-bond donors (Lipinski definition) is 2. The van der Waals surface area contributed by atoms with Crippen molar-refractivity contribution < 1.29 is 27.4 Å². The van der Waals surface area contributed by atoms with Crippen molar-refractivity contribution in [2.24, 2.45) is 5.92 Å². The van der Waals surface area contributed by atoms with Gasteiger partial charge in [-0.2, -0.15) is 8.78 Å². The SMILES string of the molecule is O=C(N[C@H]1CC[C@H](Nc2ncccn2)CC1)[C@H]1C[C@H](Oc2cc(F)ccc2OC(F)F)C1. The molecule has 1 heterocycles. The van der Waals surface area contributed by atoms with E-state index in [0.717, 1.165) is 43.9 Å². The van der Waals surface area contributed by atoms with E-state index in [2.05, 4.69) is 25.3 Å². The van der Waals surface area contributed by atoms with Gasteiger partial charge in [0, 0.05) is 36.5 Å². The van der Waals surface area contributed by atoms with Crippen LogP contribution >= 0.6 is 0 Å². The number of benzene rings is 1. The minimum atomic E-state index is -3.03. The smallest absolute Gasteiger partial charge is 0.387 e. The molecule has 2 saturated carbocycles. The van der Waals surface area contributed by atoms with Crippen LogP contribution in [0.1, 0.15) is 38.5 Å². The van der Waals surface area contributed by atoms with E-state index in [1.54, 1.807) is 18.5 Å². The zero-order chi connectivity index (χ0) is 22.5. The predicted molar refractivity (Wildman–Crippen MR) is 110 cm³/mol. The maximum absolute atomic E-state index is 13.5. The number of anilines is 1. The van der Waals surface area contributed by atoms with Crippen LogP contribution in [0.3, 0.4) is 0 Å². The Labute approximate surface area is 183 Å². The Hall–Kier alpha value is -3.04. The van der Waals surface area contributed by atoms with E-state index >= 15 is 0 Å². The molecular formula is C22H25F3N4O3. The molecule has 0 unspecified atom stereocenters. The van der Waals surface area contributed by atoms with Crippen LogP contribution in [-0.2, 0) is 4.79 Å². The number of nitrogens with zero attached hydrogens (tertiary/aromatic N) is 2. The minimum Gasteiger partial charge on any atom is -0.486 e. The summed E-state index contributed by atoms with van der Waals surface area (Å²) in [5, 5.41) is 6.41. The van der Waals surface area contributed by atoms with Crippen molar-refractivity contribution >= 4 is 11.9 Å². The number of carbonyl (C=O) groups is 1. The molecule has 2 aromatic rings. The van der Waals surface area contributed by atoms with E-state index in [0.29, 0.717) is 18.8 Å². The molecule has 0 aliphatic heterocycles. The number of ether oxygens (including phenoxy) is 2. The normalized spacial score (nSPS) is 25.0. The number of amides is 1. The van der Waals surface area contributed by atoms with Gasteiger partial charge in [-0.15, -0.1) is 0 Å². The van der Waals surface area contributed by atoms with Crippen LogP contribution in [0.4, 0.5) is 19.1 Å². The lowest BCUT2D eigenvalue weighted by molar-refractivity contribution is -0.131. The van der Waals surface area contributed by atoms with Crippen LogP contribution < -0.4 is 20.1 Å². The molecule has 0 atom stereocenters. The summed E-state index contributed by atoms with van der Waals surface area (Å²) in [5.74, 6) is -0.541. The second-order valence-electron chi connectivity index (χ2n) is 8.15. The quantitative estimate of drug-likeness (QED) is 0.634. The number of carbonyl (C=O) groups excluding carboxylic acids is 1. The highest BCUT2D eigenvalue weighted by Gasteiger charge is 2.37. The van der Waals surface area contributed by atoms with Crippen LogP contribution in [0.15, 0.2) is 36.7 Å². The van der Waals surface area contributed by atoms with Crippen molar-refractivity contribution in [1.29, 1.82) is 0 Å². The van der Waals surface area contributed by atoms with Crippen LogP contribution in [-0.4, -0.2) is 40.7 Å². The molecule has 172 valence electrons. The van der Waals surface area contributed by atoms with Crippen molar-refractivity contribution in [3.8, 4) is 11.5 Å². The third-order valence-electron chi connectivity index (χ3n) is 5.85. The van der Waals surface area contributed by atoms with Crippen molar-refractivity contribution in [2.75, 3.05) is 5.32 Å². The zero-order valence-electron chi connectivity index (χ0n) is 17.3. The topological polar surface area (TPSA) is 85.4 Å². The molecule has 2 aliphatic carbocycles. The highest BCUT2D eigenvalue weighted by Crippen LogP contribution is 2.37. The molecule has 1 aromatic heterocycles. The molecule has 7 nitrogen and oxygen atoms in total. The molecular weight excluding hydrogens is 425 g/mol. The molecule has 2 aliphatic rings. The number of nitrogens with one attached hydrogen (secondary N) is 2. The van der Waals surface area contributed by atoms with Crippen LogP contribution in [0, 0.1) is 11.7 Å². The average molecular weight is 450 g/mol. The van der Waals surface area contributed by atoms with E-state index in [1.165, 1.54) is 0 Å². The van der Waals surface area contributed by atoms with Crippen molar-refractivity contribution in [2.45, 2.75) is 63.3 Å². The Morgan fingerprint density at radius 1 is 1.03 bits per heavy atom. The van der Waals surface area contributed by atoms with Gasteiger partial charge in [-0.1, -0.05) is 0 Å². The predicted octanol–water partition coefficient (Wildman–Crippen LogP) is 3.91. The van der Waals surface area contributed by atoms with E-state index in [-0.39, 0.29) is 41.5 Å². The first kappa shape index (κ1) is 22.2. The fraction of sp³-hybridized carbons (Fsp3) is 0.500. The molecule has 1 amide bonds. The second kappa shape index (κ2) is 10.1. The molecule has 2 N–H and O–H groups in total. The third-order valence-corrected chi connectivity index (χ3v) is 5.85. The molecule has 4 rings (SSSR count). The highest BCUT2D eigenvalue weighted by atomic mass is 19.3. The fourth-order valence-corrected chi connectivity index (χ4v) is 4.08. The third kappa shape index (κ3) is 5.80. The summed E-state index contributed by atoms with van der Waals surface area (Å²) >= 11 is 0. The Balaban J connectivity index is 1.19. The first-order chi connectivity index (χ1) is 15.5. The van der Waals surface area contributed by atoms with Gasteiger partial charge in [0.25, 0.3) is 0 Å². The molecule has 0 saturated heterocycles. The maximum atomic E-state index is 13.5. The van der Waals surface area contributed by atoms with Crippen molar-refractivity contribution in [3.05, 3.63) is 42.5 Å². The molecule has 32 heavy (non-hydrogen) atoms. The Kier molecular flexibility index (Phi) is 6.96. The number of halogens is 3. The lowest BCUT2D eigenvalue weighted by atomic mass is 9.81. The summed E-state index contributed by atoms with van der Waals surface area (Å²) in [5.41, 5.74) is 0. The Morgan fingerprint density at radius 2 is 1.72 bits per heavy atom. The Bertz CT molecular complexity index is 905. The van der Waals surface area contributed by atoms with Gasteiger partial charge in [0.15, 0.2) is 11.5 Å². The molecule has 2 fully saturated rings. The average Bonchev–Trinajstić information content (AvgIpc) is 2.74. The second-order valence-corrected chi connectivity index (χ2v) is 8.15. The maximum Gasteiger partial charge on any atom is 0.387 e. The van der Waals surface area contributed by atoms with Gasteiger partial charge < -0.3 is 20.1 Å². The van der Waals surface area contributed by atoms with Crippen molar-refractivity contribution in [1.82, 2.24) is 15.3 Å². The van der Waals surface area contributed by atoms with Gasteiger partial charge in [0.2, 0.25) is 11.9 Å². The van der Waals surface area contributed by atoms with Crippen LogP contribution in [0.5, 0.6) is 11.5 Å². The van der Waals surface area contributed by atoms with Gasteiger partial charge in [-0.3, -0.25) is 4.79 Å². The van der Waals surface area contributed by atoms with Gasteiger partial charge in [-0.05, 0) is 56.7 Å². The lowest BCUT2D eigenvalue weighted by Crippen LogP contribution is -2.48. The van der Waals surface area contributed by atoms with E-state index < -0.39 is 12.4 Å². The highest BCUT2D eigenvalue weighted by molar-refractivity contribution is 5.80. The standard InChI is InChI=1S/C22H25F3N4O3/c23-14-2-7-18(32-21(24)25)19(12-14)31-17-10-13(11-17)20(30)28-15-3-5-16(6-4-15)29-22-26-8-1-9-27-22/h1-2,7-9,12-13,15-17,21H,3-6,10-11H2,(H,28,30)(H,26,27,29)/t13-,15-,16-,17-. The van der Waals surface area contributed by atoms with Gasteiger partial charge in [0.1, 0.15) is 11.9 Å². The van der Waals surface area contributed by atoms with E-state index in [9.17, 15) is 18.0 Å². The van der Waals surface area contributed by atoms with Gasteiger partial charge in [-0.25, -0.2) is 14.4 Å². The summed E-state index contributed by atoms with van der Waals surface area (Å²) in [6, 6.07) is 5.31. The van der Waals surface area contributed by atoms with Gasteiger partial charge >= 0.3 is 6.61 Å². The summed E-state index contributed by atoms with van der Waals surface area (Å²) in [6.07, 6.45) is 7.46. The first-order valence-corrected chi connectivity index (χ1v) is 10.7. The van der Waals surface area contributed by atoms with E-state index in [1.807, 2.05) is 0 Å². The number of alkyl halides is 2. The van der Waals surface area contributed by atoms with Crippen LogP contribution in [0.25, 0.3) is 0 Å². The minimum absolute atomic E-state index is 0.0315. The fourth-order valence-electron chi connectivity index (χ4n) is 4.08. The Morgan fingerprint density at radius 3 is 2.41 bits per heavy atom. The van der Waals surface area contributed by atoms with Crippen molar-refractivity contribution in [3.63, 3.8) is 0 Å². The monoisotopic (exact) mass is 450 g/mol. The molecule has 10 heteroatoms. The van der Waals surface area contributed by atoms with E-state index in [4.69, 9.17) is 4.74 Å². The summed E-state index contributed by atoms with van der Waals surface area (Å²) in [6.45, 7) is -3.03.